The molecule has 1 fully saturated rings. The van der Waals surface area contributed by atoms with Crippen LogP contribution >= 0.6 is 11.6 Å². The summed E-state index contributed by atoms with van der Waals surface area (Å²) in [6, 6.07) is 0. The first kappa shape index (κ1) is 11.8. The maximum Gasteiger partial charge on any atom is 0.222 e. The zero-order valence-electron chi connectivity index (χ0n) is 8.83. The highest BCUT2D eigenvalue weighted by molar-refractivity contribution is 6.17. The molecule has 0 bridgehead atoms. The standard InChI is InChI=1S/C10H18ClNO2/c1-8-6-12(7-9(2)14-8)10(13)4-3-5-11/h8-9H,3-7H2,1-2H3/t8-,9+. The highest BCUT2D eigenvalue weighted by Gasteiger charge is 2.25. The number of nitrogens with zero attached hydrogens (tertiary/aromatic N) is 1. The number of morpholine rings is 1. The molecule has 0 spiro atoms. The Labute approximate surface area is 90.4 Å². The Morgan fingerprint density at radius 1 is 1.43 bits per heavy atom. The topological polar surface area (TPSA) is 29.5 Å². The molecule has 0 aromatic heterocycles. The lowest BCUT2D eigenvalue weighted by molar-refractivity contribution is -0.143. The van der Waals surface area contributed by atoms with Gasteiger partial charge in [-0.2, -0.15) is 0 Å². The molecule has 1 aliphatic rings. The minimum atomic E-state index is 0.152. The number of amides is 1. The SMILES string of the molecule is C[C@@H]1CN(C(=O)CCCCl)C[C@H](C)O1. The van der Waals surface area contributed by atoms with Gasteiger partial charge < -0.3 is 9.64 Å². The van der Waals surface area contributed by atoms with E-state index < -0.39 is 0 Å². The van der Waals surface area contributed by atoms with E-state index in [2.05, 4.69) is 0 Å². The highest BCUT2D eigenvalue weighted by atomic mass is 35.5. The van der Waals surface area contributed by atoms with E-state index in [4.69, 9.17) is 16.3 Å². The van der Waals surface area contributed by atoms with Gasteiger partial charge in [-0.25, -0.2) is 0 Å². The van der Waals surface area contributed by atoms with Crippen molar-refractivity contribution in [1.82, 2.24) is 4.90 Å². The van der Waals surface area contributed by atoms with Gasteiger partial charge in [0.15, 0.2) is 0 Å². The van der Waals surface area contributed by atoms with Crippen molar-refractivity contribution < 1.29 is 9.53 Å². The van der Waals surface area contributed by atoms with Crippen LogP contribution in [0.1, 0.15) is 26.7 Å². The van der Waals surface area contributed by atoms with Crippen LogP contribution in [0.25, 0.3) is 0 Å². The van der Waals surface area contributed by atoms with Crippen molar-refractivity contribution in [1.29, 1.82) is 0 Å². The molecule has 0 saturated carbocycles. The van der Waals surface area contributed by atoms with Crippen LogP contribution in [0.15, 0.2) is 0 Å². The van der Waals surface area contributed by atoms with E-state index in [1.165, 1.54) is 0 Å². The molecule has 82 valence electrons. The lowest BCUT2D eigenvalue weighted by Gasteiger charge is -2.35. The van der Waals surface area contributed by atoms with Gasteiger partial charge in [0.25, 0.3) is 0 Å². The number of carbonyl (C=O) groups is 1. The maximum absolute atomic E-state index is 11.7. The van der Waals surface area contributed by atoms with Crippen LogP contribution in [-0.4, -0.2) is 42.0 Å². The van der Waals surface area contributed by atoms with Crippen LogP contribution in [0.4, 0.5) is 0 Å². The molecule has 0 aliphatic carbocycles. The Hall–Kier alpha value is -0.280. The molecule has 1 amide bonds. The lowest BCUT2D eigenvalue weighted by Crippen LogP contribution is -2.48. The maximum atomic E-state index is 11.7. The van der Waals surface area contributed by atoms with Crippen molar-refractivity contribution in [3.05, 3.63) is 0 Å². The summed E-state index contributed by atoms with van der Waals surface area (Å²) in [6.45, 7) is 5.42. The third-order valence-electron chi connectivity index (χ3n) is 2.30. The normalized spacial score (nSPS) is 27.8. The van der Waals surface area contributed by atoms with Gasteiger partial charge in [0.2, 0.25) is 5.91 Å². The predicted octanol–water partition coefficient (Wildman–Crippen LogP) is 1.64. The summed E-state index contributed by atoms with van der Waals surface area (Å²) in [7, 11) is 0. The summed E-state index contributed by atoms with van der Waals surface area (Å²) in [5, 5.41) is 0. The molecular formula is C10H18ClNO2. The van der Waals surface area contributed by atoms with E-state index in [1.54, 1.807) is 0 Å². The van der Waals surface area contributed by atoms with E-state index in [0.29, 0.717) is 25.4 Å². The van der Waals surface area contributed by atoms with Crippen molar-refractivity contribution in [3.63, 3.8) is 0 Å². The molecule has 0 N–H and O–H groups in total. The Morgan fingerprint density at radius 3 is 2.50 bits per heavy atom. The Morgan fingerprint density at radius 2 is 2.00 bits per heavy atom. The van der Waals surface area contributed by atoms with Crippen molar-refractivity contribution in [2.45, 2.75) is 38.9 Å². The zero-order valence-corrected chi connectivity index (χ0v) is 9.59. The number of halogens is 1. The van der Waals surface area contributed by atoms with E-state index in [9.17, 15) is 4.79 Å². The van der Waals surface area contributed by atoms with Crippen molar-refractivity contribution in [3.8, 4) is 0 Å². The molecule has 1 saturated heterocycles. The van der Waals surface area contributed by atoms with Crippen molar-refractivity contribution in [2.75, 3.05) is 19.0 Å². The van der Waals surface area contributed by atoms with E-state index in [1.807, 2.05) is 18.7 Å². The Balaban J connectivity index is 2.38. The fourth-order valence-corrected chi connectivity index (χ4v) is 1.89. The van der Waals surface area contributed by atoms with E-state index in [-0.39, 0.29) is 18.1 Å². The summed E-state index contributed by atoms with van der Waals surface area (Å²) in [5.41, 5.74) is 0. The first-order chi connectivity index (χ1) is 6.63. The summed E-state index contributed by atoms with van der Waals surface area (Å²) >= 11 is 5.55. The highest BCUT2D eigenvalue weighted by Crippen LogP contribution is 2.12. The fourth-order valence-electron chi connectivity index (χ4n) is 1.76. The van der Waals surface area contributed by atoms with E-state index >= 15 is 0 Å². The molecule has 0 radical (unpaired) electrons. The second-order valence-corrected chi connectivity index (χ2v) is 4.23. The summed E-state index contributed by atoms with van der Waals surface area (Å²) in [5.74, 6) is 0.758. The predicted molar refractivity (Wildman–Crippen MR) is 56.5 cm³/mol. The first-order valence-corrected chi connectivity index (χ1v) is 5.66. The molecule has 1 rings (SSSR count). The van der Waals surface area contributed by atoms with Crippen LogP contribution in [0.3, 0.4) is 0 Å². The summed E-state index contributed by atoms with van der Waals surface area (Å²) in [4.78, 5) is 13.5. The van der Waals surface area contributed by atoms with Crippen LogP contribution in [-0.2, 0) is 9.53 Å². The quantitative estimate of drug-likeness (QED) is 0.676. The molecular weight excluding hydrogens is 202 g/mol. The van der Waals surface area contributed by atoms with Gasteiger partial charge in [0, 0.05) is 25.4 Å². The van der Waals surface area contributed by atoms with Crippen LogP contribution in [0, 0.1) is 0 Å². The van der Waals surface area contributed by atoms with Gasteiger partial charge in [-0.05, 0) is 20.3 Å². The number of hydrogen-bond acceptors (Lipinski definition) is 2. The molecule has 14 heavy (non-hydrogen) atoms. The number of hydrogen-bond donors (Lipinski definition) is 0. The second-order valence-electron chi connectivity index (χ2n) is 3.85. The Kier molecular flexibility index (Phi) is 4.69. The third kappa shape index (κ3) is 3.46. The van der Waals surface area contributed by atoms with Gasteiger partial charge in [0.05, 0.1) is 12.2 Å². The average Bonchev–Trinajstić information content (AvgIpc) is 2.12. The van der Waals surface area contributed by atoms with Crippen LogP contribution in [0.5, 0.6) is 0 Å². The summed E-state index contributed by atoms with van der Waals surface area (Å²) in [6.07, 6.45) is 1.63. The number of carbonyl (C=O) groups excluding carboxylic acids is 1. The third-order valence-corrected chi connectivity index (χ3v) is 2.56. The van der Waals surface area contributed by atoms with Crippen LogP contribution in [0.2, 0.25) is 0 Å². The molecule has 0 aromatic rings. The van der Waals surface area contributed by atoms with E-state index in [0.717, 1.165) is 6.42 Å². The van der Waals surface area contributed by atoms with Gasteiger partial charge >= 0.3 is 0 Å². The Bertz CT molecular complexity index is 189. The molecule has 1 aliphatic heterocycles. The fraction of sp³-hybridized carbons (Fsp3) is 0.900. The second kappa shape index (κ2) is 5.56. The first-order valence-electron chi connectivity index (χ1n) is 5.12. The smallest absolute Gasteiger partial charge is 0.222 e. The molecule has 0 aromatic carbocycles. The van der Waals surface area contributed by atoms with Gasteiger partial charge in [-0.3, -0.25) is 4.79 Å². The monoisotopic (exact) mass is 219 g/mol. The number of rotatable bonds is 3. The van der Waals surface area contributed by atoms with Gasteiger partial charge in [0.1, 0.15) is 0 Å². The zero-order chi connectivity index (χ0) is 10.6. The van der Waals surface area contributed by atoms with Gasteiger partial charge in [-0.15, -0.1) is 11.6 Å². The lowest BCUT2D eigenvalue weighted by atomic mass is 10.2. The molecule has 1 heterocycles. The summed E-state index contributed by atoms with van der Waals surface area (Å²) < 4.78 is 5.55. The van der Waals surface area contributed by atoms with Gasteiger partial charge in [-0.1, -0.05) is 0 Å². The minimum Gasteiger partial charge on any atom is -0.372 e. The van der Waals surface area contributed by atoms with Crippen molar-refractivity contribution in [2.24, 2.45) is 0 Å². The number of alkyl halides is 1. The largest absolute Gasteiger partial charge is 0.372 e. The molecule has 2 atom stereocenters. The average molecular weight is 220 g/mol. The molecule has 0 unspecified atom stereocenters. The van der Waals surface area contributed by atoms with Crippen molar-refractivity contribution >= 4 is 17.5 Å². The minimum absolute atomic E-state index is 0.152. The molecule has 4 heteroatoms. The van der Waals surface area contributed by atoms with Crippen LogP contribution < -0.4 is 0 Å². The number of ether oxygens (including phenoxy) is 1. The molecule has 3 nitrogen and oxygen atoms in total.